The smallest absolute Gasteiger partial charge is 0.343 e. The molecule has 8 aromatic carbocycles. The third-order valence-corrected chi connectivity index (χ3v) is 10.9. The van der Waals surface area contributed by atoms with Gasteiger partial charge in [0.1, 0.15) is 34.5 Å². The summed E-state index contributed by atoms with van der Waals surface area (Å²) in [6.45, 7) is 0. The van der Waals surface area contributed by atoms with Gasteiger partial charge in [-0.15, -0.1) is 0 Å². The Labute approximate surface area is 380 Å². The summed E-state index contributed by atoms with van der Waals surface area (Å²) in [5.41, 5.74) is 4.01. The maximum Gasteiger partial charge on any atom is 0.343 e. The molecule has 0 radical (unpaired) electrons. The number of allylic oxidation sites excluding steroid dienone is 2. The number of ether oxygens (including phenoxy) is 6. The zero-order chi connectivity index (χ0) is 46.2. The third kappa shape index (κ3) is 9.73. The molecule has 0 saturated carbocycles. The fraction of sp³-hybridized carbons (Fsp3) is 0.0714. The minimum atomic E-state index is -0.624. The van der Waals surface area contributed by atoms with Gasteiger partial charge in [-0.2, -0.15) is 0 Å². The van der Waals surface area contributed by atoms with Crippen molar-refractivity contribution in [3.05, 3.63) is 203 Å². The Balaban J connectivity index is 1.26. The summed E-state index contributed by atoms with van der Waals surface area (Å²) in [5, 5.41) is 2.82. The van der Waals surface area contributed by atoms with Crippen LogP contribution in [0.4, 0.5) is 0 Å². The Hall–Kier alpha value is -8.76. The molecule has 0 spiro atoms. The van der Waals surface area contributed by atoms with Gasteiger partial charge in [-0.1, -0.05) is 48.6 Å². The Morgan fingerprint density at radius 1 is 0.364 bits per heavy atom. The van der Waals surface area contributed by atoms with Crippen molar-refractivity contribution in [2.45, 2.75) is 0 Å². The molecule has 0 aliphatic carbocycles. The van der Waals surface area contributed by atoms with Crippen LogP contribution in [-0.4, -0.2) is 51.9 Å². The van der Waals surface area contributed by atoms with Gasteiger partial charge in [-0.3, -0.25) is 9.59 Å². The first-order valence-corrected chi connectivity index (χ1v) is 20.7. The van der Waals surface area contributed by atoms with Gasteiger partial charge < -0.3 is 28.4 Å². The first-order chi connectivity index (χ1) is 32.1. The lowest BCUT2D eigenvalue weighted by atomic mass is 9.90. The highest BCUT2D eigenvalue weighted by molar-refractivity contribution is 6.13. The summed E-state index contributed by atoms with van der Waals surface area (Å²) in [6, 6.07) is 45.3. The molecule has 0 fully saturated rings. The van der Waals surface area contributed by atoms with Crippen molar-refractivity contribution in [2.75, 3.05) is 28.4 Å². The van der Waals surface area contributed by atoms with E-state index in [4.69, 9.17) is 28.4 Å². The van der Waals surface area contributed by atoms with Crippen molar-refractivity contribution in [1.82, 2.24) is 0 Å². The molecule has 8 rings (SSSR count). The number of fused-ring (bicyclic) bond motifs is 2. The number of methoxy groups -OCH3 is 4. The van der Waals surface area contributed by atoms with Gasteiger partial charge in [-0.05, 0) is 166 Å². The van der Waals surface area contributed by atoms with Gasteiger partial charge in [-0.25, -0.2) is 9.59 Å². The van der Waals surface area contributed by atoms with Crippen LogP contribution in [0.25, 0.3) is 44.8 Å². The van der Waals surface area contributed by atoms with Crippen LogP contribution < -0.4 is 28.4 Å². The maximum absolute atomic E-state index is 13.9. The van der Waals surface area contributed by atoms with Gasteiger partial charge in [0.2, 0.25) is 0 Å². The normalized spacial score (nSPS) is 11.2. The molecule has 0 aliphatic rings. The number of benzene rings is 8. The number of carbonyl (C=O) groups excluding carboxylic acids is 4. The van der Waals surface area contributed by atoms with Gasteiger partial charge in [0, 0.05) is 22.3 Å². The van der Waals surface area contributed by atoms with Gasteiger partial charge in [0.15, 0.2) is 11.6 Å². The van der Waals surface area contributed by atoms with Crippen molar-refractivity contribution in [3.8, 4) is 45.6 Å². The van der Waals surface area contributed by atoms with Crippen LogP contribution in [0.2, 0.25) is 0 Å². The van der Waals surface area contributed by atoms with E-state index in [0.29, 0.717) is 56.0 Å². The molecule has 10 nitrogen and oxygen atoms in total. The largest absolute Gasteiger partial charge is 0.497 e. The summed E-state index contributed by atoms with van der Waals surface area (Å²) in [4.78, 5) is 54.1. The molecular formula is C56H42O10. The first kappa shape index (κ1) is 43.9. The monoisotopic (exact) mass is 874 g/mol. The molecule has 0 amide bonds. The fourth-order valence-electron chi connectivity index (χ4n) is 7.37. The first-order valence-electron chi connectivity index (χ1n) is 20.7. The second-order valence-corrected chi connectivity index (χ2v) is 14.9. The number of carbonyl (C=O) groups is 4. The van der Waals surface area contributed by atoms with E-state index >= 15 is 0 Å². The average molecular weight is 875 g/mol. The molecule has 0 atom stereocenters. The molecule has 0 aliphatic heterocycles. The second-order valence-electron chi connectivity index (χ2n) is 14.9. The third-order valence-electron chi connectivity index (χ3n) is 10.9. The van der Waals surface area contributed by atoms with E-state index in [1.807, 2.05) is 48.5 Å². The summed E-state index contributed by atoms with van der Waals surface area (Å²) in [5.74, 6) is 1.23. The van der Waals surface area contributed by atoms with E-state index in [2.05, 4.69) is 0 Å². The summed E-state index contributed by atoms with van der Waals surface area (Å²) in [6.07, 6.45) is 6.48. The van der Waals surface area contributed by atoms with Crippen molar-refractivity contribution in [3.63, 3.8) is 0 Å². The van der Waals surface area contributed by atoms with Crippen molar-refractivity contribution in [1.29, 1.82) is 0 Å². The van der Waals surface area contributed by atoms with E-state index in [-0.39, 0.29) is 34.2 Å². The number of ketones is 2. The van der Waals surface area contributed by atoms with E-state index in [9.17, 15) is 19.2 Å². The average Bonchev–Trinajstić information content (AvgIpc) is 3.37. The van der Waals surface area contributed by atoms with E-state index in [0.717, 1.165) is 21.9 Å². The lowest BCUT2D eigenvalue weighted by Gasteiger charge is -2.19. The predicted molar refractivity (Wildman–Crippen MR) is 256 cm³/mol. The maximum atomic E-state index is 13.9. The Morgan fingerprint density at radius 2 is 0.682 bits per heavy atom. The molecule has 66 heavy (non-hydrogen) atoms. The van der Waals surface area contributed by atoms with Crippen molar-refractivity contribution in [2.24, 2.45) is 0 Å². The zero-order valence-electron chi connectivity index (χ0n) is 36.4. The molecule has 8 aromatic rings. The van der Waals surface area contributed by atoms with E-state index < -0.39 is 11.9 Å². The minimum Gasteiger partial charge on any atom is -0.497 e. The summed E-state index contributed by atoms with van der Waals surface area (Å²) < 4.78 is 33.6. The van der Waals surface area contributed by atoms with E-state index in [1.54, 1.807) is 150 Å². The van der Waals surface area contributed by atoms with Gasteiger partial charge in [0.05, 0.1) is 39.6 Å². The number of rotatable bonds is 15. The Kier molecular flexibility index (Phi) is 13.1. The molecule has 0 unspecified atom stereocenters. The lowest BCUT2D eigenvalue weighted by Crippen LogP contribution is -2.11. The highest BCUT2D eigenvalue weighted by Crippen LogP contribution is 2.46. The van der Waals surface area contributed by atoms with E-state index in [1.165, 1.54) is 12.2 Å². The summed E-state index contributed by atoms with van der Waals surface area (Å²) in [7, 11) is 6.21. The van der Waals surface area contributed by atoms with Crippen molar-refractivity contribution < 1.29 is 47.6 Å². The lowest BCUT2D eigenvalue weighted by molar-refractivity contribution is 0.0723. The second kappa shape index (κ2) is 19.7. The number of hydrogen-bond donors (Lipinski definition) is 0. The van der Waals surface area contributed by atoms with Crippen LogP contribution >= 0.6 is 0 Å². The highest BCUT2D eigenvalue weighted by Gasteiger charge is 2.24. The van der Waals surface area contributed by atoms with Crippen LogP contribution in [0.3, 0.4) is 0 Å². The highest BCUT2D eigenvalue weighted by atomic mass is 16.5. The topological polar surface area (TPSA) is 124 Å². The molecule has 0 bridgehead atoms. The predicted octanol–water partition coefficient (Wildman–Crippen LogP) is 11.9. The molecule has 0 N–H and O–H groups in total. The standard InChI is InChI=1S/C56H42O10/c1-61-43-19-9-37(10-20-43)49(57)29-7-35-5-27-47-41(33-35)17-31-51(65-55(59)39-13-23-45(63-3)24-14-39)53(47)54-48-28-6-36(8-30-50(58)38-11-21-44(62-2)22-12-38)34-42(48)18-32-52(54)66-56(60)40-15-25-46(64-4)26-16-40/h5-34H,1-4H3/b29-7+,30-8+. The number of hydrogen-bond acceptors (Lipinski definition) is 10. The van der Waals surface area contributed by atoms with Crippen LogP contribution in [0.15, 0.2) is 170 Å². The Morgan fingerprint density at radius 3 is 1.00 bits per heavy atom. The quantitative estimate of drug-likeness (QED) is 0.0425. The summed E-state index contributed by atoms with van der Waals surface area (Å²) >= 11 is 0. The Bertz CT molecular complexity index is 2950. The molecule has 0 aromatic heterocycles. The molecule has 0 saturated heterocycles. The minimum absolute atomic E-state index is 0.183. The molecular weight excluding hydrogens is 833 g/mol. The van der Waals surface area contributed by atoms with Crippen LogP contribution in [0.5, 0.6) is 34.5 Å². The number of esters is 2. The van der Waals surface area contributed by atoms with Crippen LogP contribution in [0.1, 0.15) is 52.6 Å². The fourth-order valence-corrected chi connectivity index (χ4v) is 7.37. The van der Waals surface area contributed by atoms with Crippen molar-refractivity contribution >= 4 is 57.2 Å². The van der Waals surface area contributed by atoms with Gasteiger partial charge >= 0.3 is 11.9 Å². The molecule has 326 valence electrons. The molecule has 0 heterocycles. The van der Waals surface area contributed by atoms with Crippen LogP contribution in [-0.2, 0) is 0 Å². The zero-order valence-corrected chi connectivity index (χ0v) is 36.4. The SMILES string of the molecule is COc1ccc(C(=O)/C=C/c2ccc3c(-c4c(OC(=O)c5ccc(OC)cc5)ccc5cc(/C=C/C(=O)c6ccc(OC)cc6)ccc45)c(OC(=O)c4ccc(OC)cc4)ccc3c2)cc1. The van der Waals surface area contributed by atoms with Gasteiger partial charge in [0.25, 0.3) is 0 Å². The van der Waals surface area contributed by atoms with Crippen LogP contribution in [0, 0.1) is 0 Å². The molecule has 10 heteroatoms.